The van der Waals surface area contributed by atoms with Crippen LogP contribution in [0.5, 0.6) is 0 Å². The first-order chi connectivity index (χ1) is 10.5. The number of rotatable bonds is 7. The van der Waals surface area contributed by atoms with Crippen molar-refractivity contribution in [3.05, 3.63) is 24.3 Å². The summed E-state index contributed by atoms with van der Waals surface area (Å²) in [4.78, 5) is 14.1. The Morgan fingerprint density at radius 3 is 2.41 bits per heavy atom. The molecule has 0 unspecified atom stereocenters. The summed E-state index contributed by atoms with van der Waals surface area (Å²) >= 11 is 0. The Morgan fingerprint density at radius 2 is 1.82 bits per heavy atom. The summed E-state index contributed by atoms with van der Waals surface area (Å²) in [5, 5.41) is 2.69. The SMILES string of the molecule is CCCS(=O)(=O)NCC(=O)Nc1ccc(N2CCCC2)cc1. The van der Waals surface area contributed by atoms with Crippen molar-refractivity contribution in [2.24, 2.45) is 0 Å². The molecule has 0 atom stereocenters. The molecule has 2 rings (SSSR count). The lowest BCUT2D eigenvalue weighted by molar-refractivity contribution is -0.115. The highest BCUT2D eigenvalue weighted by atomic mass is 32.2. The number of hydrogen-bond acceptors (Lipinski definition) is 4. The molecule has 22 heavy (non-hydrogen) atoms. The van der Waals surface area contributed by atoms with E-state index >= 15 is 0 Å². The third kappa shape index (κ3) is 4.99. The van der Waals surface area contributed by atoms with Gasteiger partial charge in [0.2, 0.25) is 15.9 Å². The van der Waals surface area contributed by atoms with Crippen LogP contribution in [0.3, 0.4) is 0 Å². The molecule has 0 saturated carbocycles. The zero-order valence-corrected chi connectivity index (χ0v) is 13.7. The van der Waals surface area contributed by atoms with Crippen LogP contribution in [0.4, 0.5) is 11.4 Å². The molecule has 7 heteroatoms. The van der Waals surface area contributed by atoms with Crippen LogP contribution >= 0.6 is 0 Å². The van der Waals surface area contributed by atoms with Crippen LogP contribution < -0.4 is 14.9 Å². The van der Waals surface area contributed by atoms with E-state index in [9.17, 15) is 13.2 Å². The van der Waals surface area contributed by atoms with E-state index in [1.54, 1.807) is 6.92 Å². The Hall–Kier alpha value is -1.60. The number of benzene rings is 1. The number of sulfonamides is 1. The van der Waals surface area contributed by atoms with Crippen LogP contribution in [0.15, 0.2) is 24.3 Å². The molecule has 1 saturated heterocycles. The van der Waals surface area contributed by atoms with Gasteiger partial charge in [0.15, 0.2) is 0 Å². The van der Waals surface area contributed by atoms with Gasteiger partial charge in [0.05, 0.1) is 12.3 Å². The van der Waals surface area contributed by atoms with Gasteiger partial charge in [-0.2, -0.15) is 0 Å². The fraction of sp³-hybridized carbons (Fsp3) is 0.533. The number of hydrogen-bond donors (Lipinski definition) is 2. The van der Waals surface area contributed by atoms with Crippen LogP contribution in [0.1, 0.15) is 26.2 Å². The Bertz CT molecular complexity index is 593. The average molecular weight is 325 g/mol. The van der Waals surface area contributed by atoms with Crippen LogP contribution in [0, 0.1) is 0 Å². The molecule has 6 nitrogen and oxygen atoms in total. The molecule has 1 heterocycles. The molecule has 0 bridgehead atoms. The first kappa shape index (κ1) is 16.8. The molecule has 1 aromatic carbocycles. The minimum absolute atomic E-state index is 0.0326. The molecule has 1 aromatic rings. The summed E-state index contributed by atoms with van der Waals surface area (Å²) in [5.41, 5.74) is 1.82. The van der Waals surface area contributed by atoms with E-state index in [2.05, 4.69) is 14.9 Å². The lowest BCUT2D eigenvalue weighted by Gasteiger charge is -2.17. The first-order valence-electron chi connectivity index (χ1n) is 7.62. The third-order valence-corrected chi connectivity index (χ3v) is 5.08. The maximum absolute atomic E-state index is 11.8. The summed E-state index contributed by atoms with van der Waals surface area (Å²) < 4.78 is 25.3. The zero-order valence-electron chi connectivity index (χ0n) is 12.8. The monoisotopic (exact) mass is 325 g/mol. The van der Waals surface area contributed by atoms with E-state index in [4.69, 9.17) is 0 Å². The van der Waals surface area contributed by atoms with Crippen molar-refractivity contribution in [3.8, 4) is 0 Å². The van der Waals surface area contributed by atoms with Gasteiger partial charge < -0.3 is 10.2 Å². The van der Waals surface area contributed by atoms with Crippen molar-refractivity contribution in [2.75, 3.05) is 35.6 Å². The predicted molar refractivity (Wildman–Crippen MR) is 88.6 cm³/mol. The second kappa shape index (κ2) is 7.60. The second-order valence-electron chi connectivity index (χ2n) is 5.43. The maximum atomic E-state index is 11.8. The third-order valence-electron chi connectivity index (χ3n) is 3.55. The zero-order chi connectivity index (χ0) is 16.0. The maximum Gasteiger partial charge on any atom is 0.239 e. The van der Waals surface area contributed by atoms with Crippen molar-refractivity contribution in [3.63, 3.8) is 0 Å². The van der Waals surface area contributed by atoms with Crippen molar-refractivity contribution >= 4 is 27.3 Å². The van der Waals surface area contributed by atoms with E-state index in [0.717, 1.165) is 18.8 Å². The van der Waals surface area contributed by atoms with Gasteiger partial charge in [0.1, 0.15) is 0 Å². The average Bonchev–Trinajstić information content (AvgIpc) is 3.00. The molecule has 1 aliphatic rings. The van der Waals surface area contributed by atoms with Gasteiger partial charge in [-0.05, 0) is 43.5 Å². The second-order valence-corrected chi connectivity index (χ2v) is 7.36. The first-order valence-corrected chi connectivity index (χ1v) is 9.27. The number of anilines is 2. The van der Waals surface area contributed by atoms with Crippen molar-refractivity contribution in [2.45, 2.75) is 26.2 Å². The fourth-order valence-corrected chi connectivity index (χ4v) is 3.49. The van der Waals surface area contributed by atoms with E-state index in [-0.39, 0.29) is 18.2 Å². The number of carbonyl (C=O) groups is 1. The summed E-state index contributed by atoms with van der Waals surface area (Å²) in [7, 11) is -3.35. The van der Waals surface area contributed by atoms with Gasteiger partial charge in [0, 0.05) is 24.5 Å². The summed E-state index contributed by atoms with van der Waals surface area (Å²) in [6, 6.07) is 7.63. The molecular formula is C15H23N3O3S. The van der Waals surface area contributed by atoms with Crippen LogP contribution in [0.25, 0.3) is 0 Å². The summed E-state index contributed by atoms with van der Waals surface area (Å²) in [6.45, 7) is 3.69. The Labute approximate surface area is 131 Å². The minimum atomic E-state index is -3.35. The standard InChI is InChI=1S/C15H23N3O3S/c1-2-11-22(20,21)16-12-15(19)17-13-5-7-14(8-6-13)18-9-3-4-10-18/h5-8,16H,2-4,9-12H2,1H3,(H,17,19). The van der Waals surface area contributed by atoms with Gasteiger partial charge in [-0.15, -0.1) is 0 Å². The largest absolute Gasteiger partial charge is 0.372 e. The van der Waals surface area contributed by atoms with E-state index in [0.29, 0.717) is 12.1 Å². The number of nitrogens with zero attached hydrogens (tertiary/aromatic N) is 1. The van der Waals surface area contributed by atoms with Gasteiger partial charge in [-0.25, -0.2) is 13.1 Å². The topological polar surface area (TPSA) is 78.5 Å². The van der Waals surface area contributed by atoms with Crippen molar-refractivity contribution in [1.29, 1.82) is 0 Å². The Morgan fingerprint density at radius 1 is 1.18 bits per heavy atom. The number of nitrogens with one attached hydrogen (secondary N) is 2. The van der Waals surface area contributed by atoms with Crippen LogP contribution in [-0.4, -0.2) is 39.7 Å². The Kier molecular flexibility index (Phi) is 5.79. The molecule has 0 radical (unpaired) electrons. The van der Waals surface area contributed by atoms with Crippen molar-refractivity contribution in [1.82, 2.24) is 4.72 Å². The lowest BCUT2D eigenvalue weighted by atomic mass is 10.2. The van der Waals surface area contributed by atoms with Gasteiger partial charge >= 0.3 is 0 Å². The molecule has 122 valence electrons. The molecular weight excluding hydrogens is 302 g/mol. The molecule has 1 fully saturated rings. The number of amides is 1. The normalized spacial score (nSPS) is 15.0. The molecule has 0 aliphatic carbocycles. The molecule has 2 N–H and O–H groups in total. The predicted octanol–water partition coefficient (Wildman–Crippen LogP) is 1.55. The van der Waals surface area contributed by atoms with Crippen LogP contribution in [-0.2, 0) is 14.8 Å². The highest BCUT2D eigenvalue weighted by Gasteiger charge is 2.13. The van der Waals surface area contributed by atoms with Crippen LogP contribution in [0.2, 0.25) is 0 Å². The minimum Gasteiger partial charge on any atom is -0.372 e. The van der Waals surface area contributed by atoms with E-state index in [1.807, 2.05) is 24.3 Å². The van der Waals surface area contributed by atoms with Gasteiger partial charge in [-0.1, -0.05) is 6.92 Å². The highest BCUT2D eigenvalue weighted by Crippen LogP contribution is 2.21. The molecule has 1 aliphatic heterocycles. The number of carbonyl (C=O) groups excluding carboxylic acids is 1. The van der Waals surface area contributed by atoms with Crippen molar-refractivity contribution < 1.29 is 13.2 Å². The molecule has 1 amide bonds. The summed E-state index contributed by atoms with van der Waals surface area (Å²) in [5.74, 6) is -0.334. The quantitative estimate of drug-likeness (QED) is 0.797. The lowest BCUT2D eigenvalue weighted by Crippen LogP contribution is -2.34. The van der Waals surface area contributed by atoms with Gasteiger partial charge in [-0.3, -0.25) is 4.79 Å². The summed E-state index contributed by atoms with van der Waals surface area (Å²) in [6.07, 6.45) is 2.96. The molecule has 0 spiro atoms. The Balaban J connectivity index is 1.84. The highest BCUT2D eigenvalue weighted by molar-refractivity contribution is 7.89. The van der Waals surface area contributed by atoms with Gasteiger partial charge in [0.25, 0.3) is 0 Å². The fourth-order valence-electron chi connectivity index (χ4n) is 2.45. The molecule has 0 aromatic heterocycles. The van der Waals surface area contributed by atoms with E-state index in [1.165, 1.54) is 12.8 Å². The smallest absolute Gasteiger partial charge is 0.239 e. The van der Waals surface area contributed by atoms with E-state index < -0.39 is 10.0 Å².